The molecule has 0 aromatic heterocycles. The minimum atomic E-state index is 0.0399. The molecule has 0 saturated carbocycles. The third kappa shape index (κ3) is 2.40. The quantitative estimate of drug-likeness (QED) is 0.768. The molecule has 0 atom stereocenters. The topological polar surface area (TPSA) is 55.6 Å². The van der Waals surface area contributed by atoms with Crippen molar-refractivity contribution in [2.45, 2.75) is 13.3 Å². The van der Waals surface area contributed by atoms with Crippen molar-refractivity contribution in [3.63, 3.8) is 0 Å². The molecule has 2 N–H and O–H groups in total. The second-order valence-electron chi connectivity index (χ2n) is 3.24. The van der Waals surface area contributed by atoms with Gasteiger partial charge in [-0.2, -0.15) is 0 Å². The number of ether oxygens (including phenoxy) is 1. The number of methoxy groups -OCH3 is 1. The number of nitrogens with zero attached hydrogens (tertiary/aromatic N) is 1. The molecule has 0 aliphatic heterocycles. The normalized spacial score (nSPS) is 9.80. The molecular formula is C11H16N2O2. The van der Waals surface area contributed by atoms with E-state index < -0.39 is 0 Å². The lowest BCUT2D eigenvalue weighted by Gasteiger charge is -2.19. The minimum Gasteiger partial charge on any atom is -0.494 e. The van der Waals surface area contributed by atoms with Crippen LogP contribution in [-0.4, -0.2) is 20.1 Å². The lowest BCUT2D eigenvalue weighted by molar-refractivity contribution is -0.118. The van der Waals surface area contributed by atoms with E-state index in [1.807, 2.05) is 6.92 Å². The molecule has 0 heterocycles. The molecule has 82 valence electrons. The summed E-state index contributed by atoms with van der Waals surface area (Å²) in [5.74, 6) is 0.650. The summed E-state index contributed by atoms with van der Waals surface area (Å²) in [4.78, 5) is 13.1. The number of anilines is 2. The number of amides is 1. The van der Waals surface area contributed by atoms with Crippen molar-refractivity contribution in [3.8, 4) is 5.75 Å². The number of carbonyl (C=O) groups is 1. The number of carbonyl (C=O) groups excluding carboxylic acids is 1. The van der Waals surface area contributed by atoms with Crippen LogP contribution in [0.2, 0.25) is 0 Å². The van der Waals surface area contributed by atoms with Gasteiger partial charge in [-0.3, -0.25) is 4.79 Å². The van der Waals surface area contributed by atoms with Crippen LogP contribution in [0.3, 0.4) is 0 Å². The summed E-state index contributed by atoms with van der Waals surface area (Å²) in [5.41, 5.74) is 6.98. The largest absolute Gasteiger partial charge is 0.494 e. The van der Waals surface area contributed by atoms with Gasteiger partial charge in [-0.1, -0.05) is 6.92 Å². The smallest absolute Gasteiger partial charge is 0.226 e. The summed E-state index contributed by atoms with van der Waals surface area (Å²) < 4.78 is 5.17. The molecule has 0 aliphatic carbocycles. The molecule has 0 saturated heterocycles. The second kappa shape index (κ2) is 4.68. The van der Waals surface area contributed by atoms with Gasteiger partial charge in [0.1, 0.15) is 5.75 Å². The highest BCUT2D eigenvalue weighted by molar-refractivity contribution is 5.94. The summed E-state index contributed by atoms with van der Waals surface area (Å²) >= 11 is 0. The Kier molecular flexibility index (Phi) is 3.55. The highest BCUT2D eigenvalue weighted by Crippen LogP contribution is 2.29. The van der Waals surface area contributed by atoms with E-state index in [9.17, 15) is 4.79 Å². The zero-order valence-corrected chi connectivity index (χ0v) is 9.28. The average molecular weight is 208 g/mol. The van der Waals surface area contributed by atoms with Crippen LogP contribution in [0, 0.1) is 0 Å². The Labute approximate surface area is 89.6 Å². The van der Waals surface area contributed by atoms with E-state index in [0.717, 1.165) is 5.69 Å². The van der Waals surface area contributed by atoms with Gasteiger partial charge in [0, 0.05) is 25.2 Å². The standard InChI is InChI=1S/C11H16N2O2/c1-4-11(14)13(2)9-6-5-8(12)7-10(9)15-3/h5-7H,4,12H2,1-3H3. The number of nitrogen functional groups attached to an aromatic ring is 1. The summed E-state index contributed by atoms with van der Waals surface area (Å²) in [6, 6.07) is 5.23. The summed E-state index contributed by atoms with van der Waals surface area (Å²) in [7, 11) is 3.28. The Balaban J connectivity index is 3.07. The van der Waals surface area contributed by atoms with Crippen molar-refractivity contribution in [3.05, 3.63) is 18.2 Å². The Morgan fingerprint density at radius 2 is 2.20 bits per heavy atom. The fourth-order valence-corrected chi connectivity index (χ4v) is 1.34. The molecule has 0 aliphatic rings. The monoisotopic (exact) mass is 208 g/mol. The predicted molar refractivity (Wildman–Crippen MR) is 61.1 cm³/mol. The van der Waals surface area contributed by atoms with Gasteiger partial charge in [-0.05, 0) is 12.1 Å². The summed E-state index contributed by atoms with van der Waals surface area (Å²) in [5, 5.41) is 0. The Hall–Kier alpha value is -1.71. The lowest BCUT2D eigenvalue weighted by atomic mass is 10.2. The molecule has 4 heteroatoms. The van der Waals surface area contributed by atoms with Crippen LogP contribution in [0.5, 0.6) is 5.75 Å². The molecule has 0 spiro atoms. The predicted octanol–water partition coefficient (Wildman–Crippen LogP) is 1.65. The van der Waals surface area contributed by atoms with E-state index in [1.165, 1.54) is 0 Å². The Bertz CT molecular complexity index is 364. The van der Waals surface area contributed by atoms with Crippen LogP contribution in [0.4, 0.5) is 11.4 Å². The van der Waals surface area contributed by atoms with E-state index >= 15 is 0 Å². The van der Waals surface area contributed by atoms with Gasteiger partial charge in [0.2, 0.25) is 5.91 Å². The van der Waals surface area contributed by atoms with E-state index in [0.29, 0.717) is 17.9 Å². The highest BCUT2D eigenvalue weighted by Gasteiger charge is 2.13. The van der Waals surface area contributed by atoms with E-state index in [2.05, 4.69) is 0 Å². The molecule has 0 radical (unpaired) electrons. The lowest BCUT2D eigenvalue weighted by Crippen LogP contribution is -2.25. The van der Waals surface area contributed by atoms with Gasteiger partial charge in [0.15, 0.2) is 0 Å². The fraction of sp³-hybridized carbons (Fsp3) is 0.364. The number of rotatable bonds is 3. The second-order valence-corrected chi connectivity index (χ2v) is 3.24. The molecule has 1 rings (SSSR count). The van der Waals surface area contributed by atoms with Crippen molar-refractivity contribution in [1.82, 2.24) is 0 Å². The van der Waals surface area contributed by atoms with Crippen molar-refractivity contribution < 1.29 is 9.53 Å². The van der Waals surface area contributed by atoms with Gasteiger partial charge < -0.3 is 15.4 Å². The van der Waals surface area contributed by atoms with Crippen LogP contribution in [0.25, 0.3) is 0 Å². The SMILES string of the molecule is CCC(=O)N(C)c1ccc(N)cc1OC. The van der Waals surface area contributed by atoms with E-state index in [-0.39, 0.29) is 5.91 Å². The molecule has 0 bridgehead atoms. The fourth-order valence-electron chi connectivity index (χ4n) is 1.34. The Morgan fingerprint density at radius 3 is 2.73 bits per heavy atom. The third-order valence-electron chi connectivity index (χ3n) is 2.24. The first kappa shape index (κ1) is 11.4. The number of hydrogen-bond donors (Lipinski definition) is 1. The van der Waals surface area contributed by atoms with Crippen LogP contribution in [-0.2, 0) is 4.79 Å². The van der Waals surface area contributed by atoms with Gasteiger partial charge in [0.05, 0.1) is 12.8 Å². The first-order valence-corrected chi connectivity index (χ1v) is 4.80. The zero-order valence-electron chi connectivity index (χ0n) is 9.28. The molecule has 1 aromatic rings. The van der Waals surface area contributed by atoms with Crippen LogP contribution < -0.4 is 15.4 Å². The van der Waals surface area contributed by atoms with Crippen molar-refractivity contribution in [2.75, 3.05) is 24.8 Å². The molecule has 1 aromatic carbocycles. The molecule has 15 heavy (non-hydrogen) atoms. The van der Waals surface area contributed by atoms with E-state index in [4.69, 9.17) is 10.5 Å². The summed E-state index contributed by atoms with van der Waals surface area (Å²) in [6.07, 6.45) is 0.462. The summed E-state index contributed by atoms with van der Waals surface area (Å²) in [6.45, 7) is 1.82. The number of nitrogens with two attached hydrogens (primary N) is 1. The van der Waals surface area contributed by atoms with Crippen LogP contribution in [0.15, 0.2) is 18.2 Å². The maximum Gasteiger partial charge on any atom is 0.226 e. The number of hydrogen-bond acceptors (Lipinski definition) is 3. The van der Waals surface area contributed by atoms with Crippen molar-refractivity contribution >= 4 is 17.3 Å². The number of benzene rings is 1. The maximum atomic E-state index is 11.5. The molecule has 1 amide bonds. The molecule has 4 nitrogen and oxygen atoms in total. The van der Waals surface area contributed by atoms with Crippen LogP contribution in [0.1, 0.15) is 13.3 Å². The molecule has 0 unspecified atom stereocenters. The van der Waals surface area contributed by atoms with Crippen molar-refractivity contribution in [1.29, 1.82) is 0 Å². The van der Waals surface area contributed by atoms with E-state index in [1.54, 1.807) is 37.3 Å². The highest BCUT2D eigenvalue weighted by atomic mass is 16.5. The van der Waals surface area contributed by atoms with Gasteiger partial charge >= 0.3 is 0 Å². The Morgan fingerprint density at radius 1 is 1.53 bits per heavy atom. The molecular weight excluding hydrogens is 192 g/mol. The third-order valence-corrected chi connectivity index (χ3v) is 2.24. The van der Waals surface area contributed by atoms with Crippen LogP contribution >= 0.6 is 0 Å². The minimum absolute atomic E-state index is 0.0399. The molecule has 0 fully saturated rings. The average Bonchev–Trinajstić information content (AvgIpc) is 2.26. The van der Waals surface area contributed by atoms with Gasteiger partial charge in [-0.25, -0.2) is 0 Å². The van der Waals surface area contributed by atoms with Gasteiger partial charge in [0.25, 0.3) is 0 Å². The first-order chi connectivity index (χ1) is 7.10. The van der Waals surface area contributed by atoms with Crippen molar-refractivity contribution in [2.24, 2.45) is 0 Å². The maximum absolute atomic E-state index is 11.5. The first-order valence-electron chi connectivity index (χ1n) is 4.80. The van der Waals surface area contributed by atoms with Gasteiger partial charge in [-0.15, -0.1) is 0 Å². The zero-order chi connectivity index (χ0) is 11.4.